The van der Waals surface area contributed by atoms with Crippen LogP contribution in [0.3, 0.4) is 0 Å². The van der Waals surface area contributed by atoms with Crippen molar-refractivity contribution < 1.29 is 14.6 Å². The SMILES string of the molecule is COc1cncc2ncc(C(=O)O)n12. The van der Waals surface area contributed by atoms with E-state index >= 15 is 0 Å². The lowest BCUT2D eigenvalue weighted by Gasteiger charge is -2.03. The van der Waals surface area contributed by atoms with Gasteiger partial charge in [-0.25, -0.2) is 9.78 Å². The standard InChI is InChI=1S/C8H7N3O3/c1-14-7-4-9-3-6-10-2-5(8(12)13)11(6)7/h2-4H,1H3,(H,12,13). The van der Waals surface area contributed by atoms with Gasteiger partial charge in [0, 0.05) is 0 Å². The largest absolute Gasteiger partial charge is 0.481 e. The number of carboxylic acids is 1. The molecule has 0 aliphatic rings. The number of imidazole rings is 1. The Bertz CT molecular complexity index is 492. The number of aromatic carboxylic acids is 1. The van der Waals surface area contributed by atoms with Gasteiger partial charge in [-0.2, -0.15) is 0 Å². The zero-order chi connectivity index (χ0) is 10.1. The van der Waals surface area contributed by atoms with Crippen molar-refractivity contribution in [2.45, 2.75) is 0 Å². The van der Waals surface area contributed by atoms with E-state index in [-0.39, 0.29) is 5.69 Å². The maximum Gasteiger partial charge on any atom is 0.354 e. The summed E-state index contributed by atoms with van der Waals surface area (Å²) in [4.78, 5) is 18.6. The molecule has 0 spiro atoms. The second kappa shape index (κ2) is 2.99. The molecule has 14 heavy (non-hydrogen) atoms. The lowest BCUT2D eigenvalue weighted by molar-refractivity contribution is 0.0688. The number of carbonyl (C=O) groups is 1. The van der Waals surface area contributed by atoms with E-state index in [1.54, 1.807) is 0 Å². The number of carboxylic acid groups (broad SMARTS) is 1. The summed E-state index contributed by atoms with van der Waals surface area (Å²) in [6.45, 7) is 0. The van der Waals surface area contributed by atoms with Gasteiger partial charge in [0.15, 0.2) is 11.3 Å². The summed E-state index contributed by atoms with van der Waals surface area (Å²) in [5.74, 6) is -0.709. The van der Waals surface area contributed by atoms with Gasteiger partial charge < -0.3 is 9.84 Å². The summed E-state index contributed by atoms with van der Waals surface area (Å²) in [5, 5.41) is 8.85. The predicted molar refractivity (Wildman–Crippen MR) is 46.5 cm³/mol. The molecule has 0 saturated heterocycles. The Morgan fingerprint density at radius 1 is 1.50 bits per heavy atom. The molecule has 72 valence electrons. The van der Waals surface area contributed by atoms with Crippen LogP contribution in [-0.2, 0) is 0 Å². The van der Waals surface area contributed by atoms with Crippen molar-refractivity contribution in [3.63, 3.8) is 0 Å². The third-order valence-corrected chi connectivity index (χ3v) is 1.81. The van der Waals surface area contributed by atoms with Crippen LogP contribution in [0, 0.1) is 0 Å². The van der Waals surface area contributed by atoms with Gasteiger partial charge in [0.05, 0.1) is 25.7 Å². The average molecular weight is 193 g/mol. The topological polar surface area (TPSA) is 76.7 Å². The fourth-order valence-corrected chi connectivity index (χ4v) is 1.21. The zero-order valence-corrected chi connectivity index (χ0v) is 7.34. The lowest BCUT2D eigenvalue weighted by Crippen LogP contribution is -2.04. The fraction of sp³-hybridized carbons (Fsp3) is 0.125. The maximum atomic E-state index is 10.8. The van der Waals surface area contributed by atoms with E-state index in [1.165, 1.54) is 30.1 Å². The van der Waals surface area contributed by atoms with Gasteiger partial charge in [-0.3, -0.25) is 9.38 Å². The van der Waals surface area contributed by atoms with E-state index in [2.05, 4.69) is 9.97 Å². The van der Waals surface area contributed by atoms with Crippen LogP contribution in [0.2, 0.25) is 0 Å². The van der Waals surface area contributed by atoms with Crippen molar-refractivity contribution in [3.8, 4) is 5.88 Å². The van der Waals surface area contributed by atoms with Gasteiger partial charge in [-0.15, -0.1) is 0 Å². The normalized spacial score (nSPS) is 10.4. The van der Waals surface area contributed by atoms with E-state index in [0.717, 1.165) is 0 Å². The zero-order valence-electron chi connectivity index (χ0n) is 7.34. The van der Waals surface area contributed by atoms with Crippen LogP contribution in [-0.4, -0.2) is 32.6 Å². The summed E-state index contributed by atoms with van der Waals surface area (Å²) in [6, 6.07) is 0. The molecule has 0 atom stereocenters. The van der Waals surface area contributed by atoms with Crippen LogP contribution in [0.4, 0.5) is 0 Å². The first kappa shape index (κ1) is 8.49. The number of aromatic nitrogens is 3. The predicted octanol–water partition coefficient (Wildman–Crippen LogP) is 0.436. The molecule has 0 aromatic carbocycles. The number of fused-ring (bicyclic) bond motifs is 1. The molecule has 0 aliphatic carbocycles. The highest BCUT2D eigenvalue weighted by Gasteiger charge is 2.13. The molecule has 1 N–H and O–H groups in total. The van der Waals surface area contributed by atoms with Crippen LogP contribution < -0.4 is 4.74 Å². The third-order valence-electron chi connectivity index (χ3n) is 1.81. The highest BCUT2D eigenvalue weighted by atomic mass is 16.5. The third kappa shape index (κ3) is 1.08. The van der Waals surface area contributed by atoms with Gasteiger partial charge in [0.25, 0.3) is 0 Å². The minimum Gasteiger partial charge on any atom is -0.481 e. The lowest BCUT2D eigenvalue weighted by atomic mass is 10.5. The van der Waals surface area contributed by atoms with Gasteiger partial charge in [0.2, 0.25) is 5.88 Å². The molecule has 2 heterocycles. The first-order valence-electron chi connectivity index (χ1n) is 3.83. The molecule has 0 amide bonds. The summed E-state index contributed by atoms with van der Waals surface area (Å²) in [6.07, 6.45) is 4.16. The molecular formula is C8H7N3O3. The molecule has 6 heteroatoms. The molecule has 0 unspecified atom stereocenters. The molecule has 2 aromatic heterocycles. The van der Waals surface area contributed by atoms with Gasteiger partial charge in [0.1, 0.15) is 0 Å². The van der Waals surface area contributed by atoms with Crippen molar-refractivity contribution in [1.29, 1.82) is 0 Å². The van der Waals surface area contributed by atoms with Crippen LogP contribution in [0.15, 0.2) is 18.6 Å². The van der Waals surface area contributed by atoms with Gasteiger partial charge >= 0.3 is 5.97 Å². The Balaban J connectivity index is 2.81. The molecule has 2 aromatic rings. The molecular weight excluding hydrogens is 186 g/mol. The first-order chi connectivity index (χ1) is 6.74. The molecule has 0 radical (unpaired) electrons. The Kier molecular flexibility index (Phi) is 1.81. The quantitative estimate of drug-likeness (QED) is 0.748. The molecule has 6 nitrogen and oxygen atoms in total. The van der Waals surface area contributed by atoms with E-state index in [1.807, 2.05) is 0 Å². The number of rotatable bonds is 2. The Morgan fingerprint density at radius 3 is 2.93 bits per heavy atom. The van der Waals surface area contributed by atoms with Crippen LogP contribution in [0.25, 0.3) is 5.65 Å². The van der Waals surface area contributed by atoms with E-state index < -0.39 is 5.97 Å². The Hall–Kier alpha value is -2.11. The van der Waals surface area contributed by atoms with Crippen molar-refractivity contribution in [2.75, 3.05) is 7.11 Å². The van der Waals surface area contributed by atoms with E-state index in [9.17, 15) is 4.79 Å². The van der Waals surface area contributed by atoms with E-state index in [4.69, 9.17) is 9.84 Å². The minimum absolute atomic E-state index is 0.0549. The highest BCUT2D eigenvalue weighted by Crippen LogP contribution is 2.14. The van der Waals surface area contributed by atoms with Gasteiger partial charge in [-0.1, -0.05) is 0 Å². The average Bonchev–Trinajstić information content (AvgIpc) is 2.60. The van der Waals surface area contributed by atoms with Crippen molar-refractivity contribution in [1.82, 2.24) is 14.4 Å². The fourth-order valence-electron chi connectivity index (χ4n) is 1.21. The van der Waals surface area contributed by atoms with Gasteiger partial charge in [-0.05, 0) is 0 Å². The summed E-state index contributed by atoms with van der Waals surface area (Å²) >= 11 is 0. The Morgan fingerprint density at radius 2 is 2.29 bits per heavy atom. The summed E-state index contributed by atoms with van der Waals surface area (Å²) in [7, 11) is 1.45. The highest BCUT2D eigenvalue weighted by molar-refractivity contribution is 5.86. The number of nitrogens with zero attached hydrogens (tertiary/aromatic N) is 3. The second-order valence-corrected chi connectivity index (χ2v) is 2.59. The summed E-state index contributed by atoms with van der Waals surface area (Å²) in [5.41, 5.74) is 0.501. The molecule has 0 aliphatic heterocycles. The molecule has 0 bridgehead atoms. The second-order valence-electron chi connectivity index (χ2n) is 2.59. The van der Waals surface area contributed by atoms with Crippen molar-refractivity contribution in [2.24, 2.45) is 0 Å². The van der Waals surface area contributed by atoms with Crippen molar-refractivity contribution in [3.05, 3.63) is 24.3 Å². The summed E-state index contributed by atoms with van der Waals surface area (Å²) < 4.78 is 6.36. The maximum absolute atomic E-state index is 10.8. The van der Waals surface area contributed by atoms with Crippen molar-refractivity contribution >= 4 is 11.6 Å². The Labute approximate surface area is 78.8 Å². The van der Waals surface area contributed by atoms with Crippen LogP contribution in [0.5, 0.6) is 5.88 Å². The number of hydrogen-bond acceptors (Lipinski definition) is 4. The smallest absolute Gasteiger partial charge is 0.354 e. The number of ether oxygens (including phenoxy) is 1. The molecule has 0 fully saturated rings. The molecule has 2 rings (SSSR count). The number of hydrogen-bond donors (Lipinski definition) is 1. The number of methoxy groups -OCH3 is 1. The first-order valence-corrected chi connectivity index (χ1v) is 3.83. The monoisotopic (exact) mass is 193 g/mol. The van der Waals surface area contributed by atoms with Crippen LogP contribution >= 0.6 is 0 Å². The molecule has 0 saturated carbocycles. The van der Waals surface area contributed by atoms with E-state index in [0.29, 0.717) is 11.5 Å². The minimum atomic E-state index is -1.05. The van der Waals surface area contributed by atoms with Crippen LogP contribution in [0.1, 0.15) is 10.5 Å².